The summed E-state index contributed by atoms with van der Waals surface area (Å²) in [7, 11) is 0. The van der Waals surface area contributed by atoms with Crippen molar-refractivity contribution < 1.29 is 4.79 Å². The van der Waals surface area contributed by atoms with E-state index in [1.807, 2.05) is 13.0 Å². The molecule has 15 heavy (non-hydrogen) atoms. The highest BCUT2D eigenvalue weighted by molar-refractivity contribution is 5.93. The van der Waals surface area contributed by atoms with Crippen LogP contribution < -0.4 is 10.6 Å². The molecule has 0 aliphatic carbocycles. The van der Waals surface area contributed by atoms with Gasteiger partial charge >= 0.3 is 0 Å². The number of aryl methyl sites for hydroxylation is 1. The molecule has 80 valence electrons. The molecule has 1 aliphatic heterocycles. The summed E-state index contributed by atoms with van der Waals surface area (Å²) >= 11 is 0. The van der Waals surface area contributed by atoms with Crippen LogP contribution in [-0.4, -0.2) is 24.0 Å². The molecule has 1 amide bonds. The van der Waals surface area contributed by atoms with Gasteiger partial charge in [-0.1, -0.05) is 0 Å². The normalized spacial score (nSPS) is 20.2. The second-order valence-corrected chi connectivity index (χ2v) is 3.87. The maximum absolute atomic E-state index is 11.8. The maximum atomic E-state index is 11.8. The number of nitrogens with one attached hydrogen (secondary N) is 2. The zero-order valence-electron chi connectivity index (χ0n) is 8.79. The highest BCUT2D eigenvalue weighted by atomic mass is 16.1. The van der Waals surface area contributed by atoms with Crippen molar-refractivity contribution in [1.82, 2.24) is 10.3 Å². The van der Waals surface area contributed by atoms with E-state index in [2.05, 4.69) is 15.6 Å². The van der Waals surface area contributed by atoms with Crippen LogP contribution in [0.3, 0.4) is 0 Å². The number of carbonyl (C=O) groups is 1. The summed E-state index contributed by atoms with van der Waals surface area (Å²) in [5, 5.41) is 6.09. The van der Waals surface area contributed by atoms with Gasteiger partial charge in [-0.25, -0.2) is 0 Å². The average molecular weight is 205 g/mol. The second kappa shape index (κ2) is 4.40. The minimum Gasteiger partial charge on any atom is -0.324 e. The maximum Gasteiger partial charge on any atom is 0.228 e. The fraction of sp³-hybridized carbons (Fsp3) is 0.455. The molecule has 1 atom stereocenters. The van der Waals surface area contributed by atoms with E-state index in [1.54, 1.807) is 12.4 Å². The van der Waals surface area contributed by atoms with Crippen LogP contribution in [0.1, 0.15) is 12.0 Å². The first kappa shape index (κ1) is 10.1. The summed E-state index contributed by atoms with van der Waals surface area (Å²) in [6, 6.07) is 1.89. The first-order valence-corrected chi connectivity index (χ1v) is 5.19. The number of amides is 1. The standard InChI is InChI=1S/C11H15N3O/c1-8-2-4-13-7-10(8)14-11(15)9-3-5-12-6-9/h2,4,7,9,12H,3,5-6H2,1H3,(H,14,15). The Bertz CT molecular complexity index is 359. The van der Waals surface area contributed by atoms with Crippen LogP contribution in [0.4, 0.5) is 5.69 Å². The van der Waals surface area contributed by atoms with Crippen LogP contribution in [0.15, 0.2) is 18.5 Å². The monoisotopic (exact) mass is 205 g/mol. The molecule has 0 aromatic carbocycles. The molecule has 2 heterocycles. The van der Waals surface area contributed by atoms with E-state index >= 15 is 0 Å². The Hall–Kier alpha value is -1.42. The van der Waals surface area contributed by atoms with Gasteiger partial charge in [0.05, 0.1) is 17.8 Å². The van der Waals surface area contributed by atoms with Gasteiger partial charge in [-0.15, -0.1) is 0 Å². The van der Waals surface area contributed by atoms with Crippen molar-refractivity contribution in [2.75, 3.05) is 18.4 Å². The molecule has 1 aromatic heterocycles. The SMILES string of the molecule is Cc1ccncc1NC(=O)C1CCNC1. The number of rotatable bonds is 2. The Labute approximate surface area is 89.1 Å². The molecule has 1 aromatic rings. The topological polar surface area (TPSA) is 54.0 Å². The van der Waals surface area contributed by atoms with Crippen molar-refractivity contribution in [2.45, 2.75) is 13.3 Å². The Morgan fingerprint density at radius 1 is 1.67 bits per heavy atom. The Kier molecular flexibility index (Phi) is 2.97. The highest BCUT2D eigenvalue weighted by Crippen LogP contribution is 2.15. The third-order valence-corrected chi connectivity index (χ3v) is 2.73. The van der Waals surface area contributed by atoms with Crippen LogP contribution in [0.5, 0.6) is 0 Å². The first-order chi connectivity index (χ1) is 7.27. The van der Waals surface area contributed by atoms with E-state index in [9.17, 15) is 4.79 Å². The van der Waals surface area contributed by atoms with Gasteiger partial charge in [0.1, 0.15) is 0 Å². The number of hydrogen-bond donors (Lipinski definition) is 2. The Morgan fingerprint density at radius 3 is 3.20 bits per heavy atom. The summed E-state index contributed by atoms with van der Waals surface area (Å²) in [6.07, 6.45) is 4.34. The van der Waals surface area contributed by atoms with Crippen molar-refractivity contribution in [1.29, 1.82) is 0 Å². The molecule has 0 spiro atoms. The van der Waals surface area contributed by atoms with Crippen molar-refractivity contribution in [2.24, 2.45) is 5.92 Å². The Balaban J connectivity index is 2.02. The quantitative estimate of drug-likeness (QED) is 0.755. The van der Waals surface area contributed by atoms with Gasteiger partial charge in [0, 0.05) is 12.7 Å². The first-order valence-electron chi connectivity index (χ1n) is 5.19. The fourth-order valence-corrected chi connectivity index (χ4v) is 1.71. The minimum atomic E-state index is 0.0936. The van der Waals surface area contributed by atoms with Gasteiger partial charge < -0.3 is 10.6 Å². The largest absolute Gasteiger partial charge is 0.324 e. The molecule has 1 unspecified atom stereocenters. The van der Waals surface area contributed by atoms with Crippen molar-refractivity contribution >= 4 is 11.6 Å². The number of pyridine rings is 1. The Morgan fingerprint density at radius 2 is 2.53 bits per heavy atom. The summed E-state index contributed by atoms with van der Waals surface area (Å²) in [5.41, 5.74) is 1.86. The zero-order chi connectivity index (χ0) is 10.7. The molecule has 1 saturated heterocycles. The van der Waals surface area contributed by atoms with Crippen molar-refractivity contribution in [3.05, 3.63) is 24.0 Å². The summed E-state index contributed by atoms with van der Waals surface area (Å²) in [5.74, 6) is 0.195. The fourth-order valence-electron chi connectivity index (χ4n) is 1.71. The van der Waals surface area contributed by atoms with Gasteiger partial charge in [0.2, 0.25) is 5.91 Å². The zero-order valence-corrected chi connectivity index (χ0v) is 8.79. The third kappa shape index (κ3) is 2.33. The van der Waals surface area contributed by atoms with Gasteiger partial charge in [0.25, 0.3) is 0 Å². The molecular weight excluding hydrogens is 190 g/mol. The van der Waals surface area contributed by atoms with E-state index in [1.165, 1.54) is 0 Å². The average Bonchev–Trinajstić information content (AvgIpc) is 2.74. The number of nitrogens with zero attached hydrogens (tertiary/aromatic N) is 1. The molecule has 2 N–H and O–H groups in total. The lowest BCUT2D eigenvalue weighted by atomic mass is 10.1. The predicted octanol–water partition coefficient (Wildman–Crippen LogP) is 0.938. The predicted molar refractivity (Wildman–Crippen MR) is 58.6 cm³/mol. The molecule has 4 heteroatoms. The molecule has 0 radical (unpaired) electrons. The van der Waals surface area contributed by atoms with Crippen molar-refractivity contribution in [3.63, 3.8) is 0 Å². The van der Waals surface area contributed by atoms with E-state index < -0.39 is 0 Å². The molecule has 4 nitrogen and oxygen atoms in total. The molecular formula is C11H15N3O. The van der Waals surface area contributed by atoms with Gasteiger partial charge in [-0.3, -0.25) is 9.78 Å². The lowest BCUT2D eigenvalue weighted by Gasteiger charge is -2.11. The number of anilines is 1. The van der Waals surface area contributed by atoms with Gasteiger partial charge in [-0.05, 0) is 31.5 Å². The van der Waals surface area contributed by atoms with Gasteiger partial charge in [0.15, 0.2) is 0 Å². The second-order valence-electron chi connectivity index (χ2n) is 3.87. The molecule has 0 bridgehead atoms. The van der Waals surface area contributed by atoms with E-state index in [0.717, 1.165) is 30.8 Å². The van der Waals surface area contributed by atoms with Crippen LogP contribution in [0.25, 0.3) is 0 Å². The number of aromatic nitrogens is 1. The third-order valence-electron chi connectivity index (χ3n) is 2.73. The lowest BCUT2D eigenvalue weighted by Crippen LogP contribution is -2.25. The van der Waals surface area contributed by atoms with Crippen LogP contribution >= 0.6 is 0 Å². The minimum absolute atomic E-state index is 0.0936. The molecule has 0 saturated carbocycles. The lowest BCUT2D eigenvalue weighted by molar-refractivity contribution is -0.119. The molecule has 1 aliphatic rings. The molecule has 1 fully saturated rings. The summed E-state index contributed by atoms with van der Waals surface area (Å²) in [4.78, 5) is 15.8. The number of carbonyl (C=O) groups excluding carboxylic acids is 1. The van der Waals surface area contributed by atoms with Gasteiger partial charge in [-0.2, -0.15) is 0 Å². The summed E-state index contributed by atoms with van der Waals surface area (Å²) in [6.45, 7) is 3.68. The smallest absolute Gasteiger partial charge is 0.228 e. The summed E-state index contributed by atoms with van der Waals surface area (Å²) < 4.78 is 0. The van der Waals surface area contributed by atoms with Crippen LogP contribution in [0, 0.1) is 12.8 Å². The van der Waals surface area contributed by atoms with Crippen LogP contribution in [-0.2, 0) is 4.79 Å². The van der Waals surface area contributed by atoms with E-state index in [-0.39, 0.29) is 11.8 Å². The van der Waals surface area contributed by atoms with Crippen LogP contribution in [0.2, 0.25) is 0 Å². The highest BCUT2D eigenvalue weighted by Gasteiger charge is 2.22. The molecule has 2 rings (SSSR count). The van der Waals surface area contributed by atoms with E-state index in [4.69, 9.17) is 0 Å². The van der Waals surface area contributed by atoms with E-state index in [0.29, 0.717) is 0 Å². The number of hydrogen-bond acceptors (Lipinski definition) is 3. The van der Waals surface area contributed by atoms with Crippen molar-refractivity contribution in [3.8, 4) is 0 Å².